The summed E-state index contributed by atoms with van der Waals surface area (Å²) in [5.74, 6) is 0.962. The minimum Gasteiger partial charge on any atom is -0.314 e. The van der Waals surface area contributed by atoms with E-state index >= 15 is 0 Å². The molecular formula is C16H29N3. The number of hydrogen-bond donors (Lipinski definition) is 1. The molecule has 1 aliphatic rings. The van der Waals surface area contributed by atoms with Crippen molar-refractivity contribution in [2.24, 2.45) is 5.92 Å². The van der Waals surface area contributed by atoms with Gasteiger partial charge in [0.05, 0.1) is 5.69 Å². The minimum atomic E-state index is 0.763. The number of nitrogens with zero attached hydrogens (tertiary/aromatic N) is 2. The maximum atomic E-state index is 4.52. The minimum absolute atomic E-state index is 0.763. The largest absolute Gasteiger partial charge is 0.314 e. The Labute approximate surface area is 117 Å². The Kier molecular flexibility index (Phi) is 5.44. The first-order valence-corrected chi connectivity index (χ1v) is 8.01. The summed E-state index contributed by atoms with van der Waals surface area (Å²) >= 11 is 0. The molecule has 2 rings (SSSR count). The monoisotopic (exact) mass is 263 g/mol. The van der Waals surface area contributed by atoms with Crippen molar-refractivity contribution in [3.05, 3.63) is 17.5 Å². The Bertz CT molecular complexity index is 379. The molecule has 1 heterocycles. The predicted molar refractivity (Wildman–Crippen MR) is 80.4 cm³/mol. The van der Waals surface area contributed by atoms with Crippen molar-refractivity contribution >= 4 is 0 Å². The van der Waals surface area contributed by atoms with E-state index in [1.54, 1.807) is 0 Å². The number of hydrogen-bond acceptors (Lipinski definition) is 2. The smallest absolute Gasteiger partial charge is 0.0596 e. The highest BCUT2D eigenvalue weighted by molar-refractivity contribution is 5.09. The van der Waals surface area contributed by atoms with Crippen molar-refractivity contribution in [2.75, 3.05) is 6.54 Å². The third kappa shape index (κ3) is 4.34. The van der Waals surface area contributed by atoms with Gasteiger partial charge in [-0.2, -0.15) is 5.10 Å². The number of aromatic nitrogens is 2. The molecule has 3 heteroatoms. The topological polar surface area (TPSA) is 29.9 Å². The van der Waals surface area contributed by atoms with Gasteiger partial charge >= 0.3 is 0 Å². The first-order valence-electron chi connectivity index (χ1n) is 8.01. The summed E-state index contributed by atoms with van der Waals surface area (Å²) in [6.07, 6.45) is 7.89. The summed E-state index contributed by atoms with van der Waals surface area (Å²) in [6.45, 7) is 8.67. The number of rotatable bonds is 9. The van der Waals surface area contributed by atoms with Gasteiger partial charge in [0.15, 0.2) is 0 Å². The average molecular weight is 263 g/mol. The Hall–Kier alpha value is -0.830. The number of aryl methyl sites for hydroxylation is 3. The van der Waals surface area contributed by atoms with Crippen molar-refractivity contribution in [1.29, 1.82) is 0 Å². The van der Waals surface area contributed by atoms with Crippen molar-refractivity contribution < 1.29 is 0 Å². The van der Waals surface area contributed by atoms with Crippen LogP contribution >= 0.6 is 0 Å². The number of nitrogens with one attached hydrogen (secondary N) is 1. The summed E-state index contributed by atoms with van der Waals surface area (Å²) in [4.78, 5) is 0. The molecule has 1 aromatic rings. The zero-order valence-electron chi connectivity index (χ0n) is 12.8. The molecule has 0 aliphatic heterocycles. The molecule has 1 fully saturated rings. The molecule has 1 N–H and O–H groups in total. The van der Waals surface area contributed by atoms with Gasteiger partial charge in [0.25, 0.3) is 0 Å². The maximum absolute atomic E-state index is 4.52. The fourth-order valence-corrected chi connectivity index (χ4v) is 2.91. The van der Waals surface area contributed by atoms with E-state index in [2.05, 4.69) is 41.9 Å². The van der Waals surface area contributed by atoms with Gasteiger partial charge in [-0.25, -0.2) is 0 Å². The molecule has 3 nitrogen and oxygen atoms in total. The highest BCUT2D eigenvalue weighted by Crippen LogP contribution is 2.34. The lowest BCUT2D eigenvalue weighted by Crippen LogP contribution is -2.31. The molecule has 1 unspecified atom stereocenters. The van der Waals surface area contributed by atoms with Crippen molar-refractivity contribution in [2.45, 2.75) is 71.9 Å². The van der Waals surface area contributed by atoms with Crippen molar-refractivity contribution in [3.8, 4) is 0 Å². The van der Waals surface area contributed by atoms with E-state index in [1.807, 2.05) is 0 Å². The van der Waals surface area contributed by atoms with Crippen LogP contribution in [0.25, 0.3) is 0 Å². The van der Waals surface area contributed by atoms with Crippen LogP contribution in [-0.2, 0) is 13.0 Å². The second kappa shape index (κ2) is 7.09. The van der Waals surface area contributed by atoms with Gasteiger partial charge in [0.1, 0.15) is 0 Å². The lowest BCUT2D eigenvalue weighted by Gasteiger charge is -2.17. The van der Waals surface area contributed by atoms with Gasteiger partial charge in [0, 0.05) is 18.3 Å². The third-order valence-corrected chi connectivity index (χ3v) is 4.08. The first kappa shape index (κ1) is 14.6. The normalized spacial score (nSPS) is 16.8. The van der Waals surface area contributed by atoms with Crippen molar-refractivity contribution in [1.82, 2.24) is 15.1 Å². The van der Waals surface area contributed by atoms with Crippen LogP contribution in [0.4, 0.5) is 0 Å². The van der Waals surface area contributed by atoms with Crippen LogP contribution in [0, 0.1) is 12.8 Å². The zero-order chi connectivity index (χ0) is 13.7. The van der Waals surface area contributed by atoms with Gasteiger partial charge < -0.3 is 5.32 Å². The van der Waals surface area contributed by atoms with Crippen LogP contribution in [0.3, 0.4) is 0 Å². The SMILES string of the molecule is CCCNC(CCCc1cc(C)nn1CC)C1CC1. The lowest BCUT2D eigenvalue weighted by molar-refractivity contribution is 0.422. The van der Waals surface area contributed by atoms with E-state index in [0.29, 0.717) is 0 Å². The zero-order valence-corrected chi connectivity index (χ0v) is 12.8. The molecule has 19 heavy (non-hydrogen) atoms. The Morgan fingerprint density at radius 2 is 2.21 bits per heavy atom. The van der Waals surface area contributed by atoms with Gasteiger partial charge in [0.2, 0.25) is 0 Å². The molecule has 0 bridgehead atoms. The van der Waals surface area contributed by atoms with E-state index < -0.39 is 0 Å². The molecule has 1 saturated carbocycles. The van der Waals surface area contributed by atoms with Gasteiger partial charge in [-0.3, -0.25) is 4.68 Å². The van der Waals surface area contributed by atoms with E-state index in [-0.39, 0.29) is 0 Å². The second-order valence-corrected chi connectivity index (χ2v) is 5.88. The molecule has 0 spiro atoms. The second-order valence-electron chi connectivity index (χ2n) is 5.88. The summed E-state index contributed by atoms with van der Waals surface area (Å²) in [7, 11) is 0. The Balaban J connectivity index is 1.77. The average Bonchev–Trinajstić information content (AvgIpc) is 3.17. The van der Waals surface area contributed by atoms with E-state index in [9.17, 15) is 0 Å². The molecule has 0 radical (unpaired) electrons. The maximum Gasteiger partial charge on any atom is 0.0596 e. The molecule has 108 valence electrons. The predicted octanol–water partition coefficient (Wildman–Crippen LogP) is 3.31. The standard InChI is InChI=1S/C16H29N3/c1-4-11-17-16(14-9-10-14)8-6-7-15-12-13(3)18-19(15)5-2/h12,14,16-17H,4-11H2,1-3H3. The van der Waals surface area contributed by atoms with Crippen LogP contribution in [0.1, 0.15) is 57.3 Å². The van der Waals surface area contributed by atoms with Gasteiger partial charge in [-0.1, -0.05) is 6.92 Å². The summed E-state index contributed by atoms with van der Waals surface area (Å²) in [5, 5.41) is 8.25. The quantitative estimate of drug-likeness (QED) is 0.741. The van der Waals surface area contributed by atoms with E-state index in [1.165, 1.54) is 50.8 Å². The fourth-order valence-electron chi connectivity index (χ4n) is 2.91. The summed E-state index contributed by atoms with van der Waals surface area (Å²) in [5.41, 5.74) is 2.56. The molecule has 1 aromatic heterocycles. The van der Waals surface area contributed by atoms with E-state index in [4.69, 9.17) is 0 Å². The molecular weight excluding hydrogens is 234 g/mol. The fraction of sp³-hybridized carbons (Fsp3) is 0.812. The Morgan fingerprint density at radius 1 is 1.42 bits per heavy atom. The molecule has 1 aliphatic carbocycles. The molecule has 0 aromatic carbocycles. The van der Waals surface area contributed by atoms with E-state index in [0.717, 1.165) is 24.2 Å². The Morgan fingerprint density at radius 3 is 2.84 bits per heavy atom. The third-order valence-electron chi connectivity index (χ3n) is 4.08. The van der Waals surface area contributed by atoms with Gasteiger partial charge in [-0.05, 0) is 70.9 Å². The first-order chi connectivity index (χ1) is 9.24. The van der Waals surface area contributed by atoms with Crippen LogP contribution in [-0.4, -0.2) is 22.4 Å². The summed E-state index contributed by atoms with van der Waals surface area (Å²) < 4.78 is 2.15. The molecule has 0 amide bonds. The van der Waals surface area contributed by atoms with Gasteiger partial charge in [-0.15, -0.1) is 0 Å². The summed E-state index contributed by atoms with van der Waals surface area (Å²) in [6, 6.07) is 3.01. The molecule has 0 saturated heterocycles. The van der Waals surface area contributed by atoms with Crippen LogP contribution < -0.4 is 5.32 Å². The van der Waals surface area contributed by atoms with Crippen molar-refractivity contribution in [3.63, 3.8) is 0 Å². The highest BCUT2D eigenvalue weighted by atomic mass is 15.3. The van der Waals surface area contributed by atoms with Crippen LogP contribution in [0.2, 0.25) is 0 Å². The molecule has 1 atom stereocenters. The highest BCUT2D eigenvalue weighted by Gasteiger charge is 2.30. The van der Waals surface area contributed by atoms with Crippen LogP contribution in [0.15, 0.2) is 6.07 Å². The van der Waals surface area contributed by atoms with Crippen LogP contribution in [0.5, 0.6) is 0 Å². The lowest BCUT2D eigenvalue weighted by atomic mass is 10.0.